The lowest BCUT2D eigenvalue weighted by atomic mass is 9.96. The Kier molecular flexibility index (Phi) is 4.57. The Morgan fingerprint density at radius 2 is 2.19 bits per heavy atom. The van der Waals surface area contributed by atoms with Crippen molar-refractivity contribution in [3.63, 3.8) is 0 Å². The smallest absolute Gasteiger partial charge is 0.221 e. The van der Waals surface area contributed by atoms with Gasteiger partial charge in [0.1, 0.15) is 11.6 Å². The lowest BCUT2D eigenvalue weighted by molar-refractivity contribution is -0.123. The van der Waals surface area contributed by atoms with Crippen LogP contribution in [0, 0.1) is 11.7 Å². The molecular formula is C15H19FN2O3. The number of piperidine rings is 1. The fraction of sp³-hybridized carbons (Fsp3) is 0.467. The number of primary amides is 1. The molecular weight excluding hydrogens is 275 g/mol. The van der Waals surface area contributed by atoms with Crippen molar-refractivity contribution in [3.8, 4) is 5.75 Å². The highest BCUT2D eigenvalue weighted by molar-refractivity contribution is 5.97. The van der Waals surface area contributed by atoms with Crippen molar-refractivity contribution in [2.75, 3.05) is 13.1 Å². The highest BCUT2D eigenvalue weighted by atomic mass is 19.1. The zero-order chi connectivity index (χ0) is 15.6. The van der Waals surface area contributed by atoms with Crippen molar-refractivity contribution >= 4 is 11.7 Å². The second-order valence-electron chi connectivity index (χ2n) is 5.49. The molecule has 1 aliphatic heterocycles. The predicted molar refractivity (Wildman–Crippen MR) is 75.3 cm³/mol. The summed E-state index contributed by atoms with van der Waals surface area (Å²) in [7, 11) is 0. The van der Waals surface area contributed by atoms with Gasteiger partial charge in [-0.15, -0.1) is 0 Å². The monoisotopic (exact) mass is 294 g/mol. The van der Waals surface area contributed by atoms with Crippen LogP contribution in [0.2, 0.25) is 0 Å². The van der Waals surface area contributed by atoms with Crippen molar-refractivity contribution < 1.29 is 19.1 Å². The SMILES string of the molecule is CC(=O)c1cc(F)cc(CN2CCCC(C(N)=O)C2)c1O. The molecule has 1 unspecified atom stereocenters. The Hall–Kier alpha value is -1.95. The maximum absolute atomic E-state index is 13.6. The topological polar surface area (TPSA) is 83.6 Å². The molecule has 1 atom stereocenters. The summed E-state index contributed by atoms with van der Waals surface area (Å²) in [6.07, 6.45) is 1.57. The van der Waals surface area contributed by atoms with E-state index in [0.717, 1.165) is 25.5 Å². The highest BCUT2D eigenvalue weighted by Crippen LogP contribution is 2.27. The summed E-state index contributed by atoms with van der Waals surface area (Å²) in [4.78, 5) is 24.6. The number of rotatable bonds is 4. The largest absolute Gasteiger partial charge is 0.507 e. The molecule has 2 rings (SSSR count). The maximum atomic E-state index is 13.6. The molecule has 0 aromatic heterocycles. The van der Waals surface area contributed by atoms with E-state index in [1.165, 1.54) is 13.0 Å². The molecule has 114 valence electrons. The number of nitrogens with zero attached hydrogens (tertiary/aromatic N) is 1. The summed E-state index contributed by atoms with van der Waals surface area (Å²) in [5.74, 6) is -1.70. The predicted octanol–water partition coefficient (Wildman–Crippen LogP) is 1.43. The summed E-state index contributed by atoms with van der Waals surface area (Å²) in [6, 6.07) is 2.25. The van der Waals surface area contributed by atoms with Crippen LogP contribution in [0.4, 0.5) is 4.39 Å². The molecule has 0 aliphatic carbocycles. The van der Waals surface area contributed by atoms with E-state index in [2.05, 4.69) is 0 Å². The normalized spacial score (nSPS) is 19.4. The van der Waals surface area contributed by atoms with Crippen LogP contribution >= 0.6 is 0 Å². The Morgan fingerprint density at radius 1 is 1.48 bits per heavy atom. The summed E-state index contributed by atoms with van der Waals surface area (Å²) in [5.41, 5.74) is 5.65. The standard InChI is InChI=1S/C15H19FN2O3/c1-9(19)13-6-12(16)5-11(14(13)20)8-18-4-2-3-10(7-18)15(17)21/h5-6,10,20H,2-4,7-8H2,1H3,(H2,17,21). The maximum Gasteiger partial charge on any atom is 0.221 e. The minimum absolute atomic E-state index is 0.0199. The van der Waals surface area contributed by atoms with Gasteiger partial charge in [-0.2, -0.15) is 0 Å². The van der Waals surface area contributed by atoms with Gasteiger partial charge in [0, 0.05) is 18.7 Å². The summed E-state index contributed by atoms with van der Waals surface area (Å²) in [6.45, 7) is 2.80. The van der Waals surface area contributed by atoms with Gasteiger partial charge in [0.25, 0.3) is 0 Å². The summed E-state index contributed by atoms with van der Waals surface area (Å²) in [5, 5.41) is 10.1. The van der Waals surface area contributed by atoms with Crippen LogP contribution in [-0.4, -0.2) is 34.8 Å². The number of carbonyl (C=O) groups is 2. The van der Waals surface area contributed by atoms with Crippen LogP contribution < -0.4 is 5.73 Å². The lowest BCUT2D eigenvalue weighted by Gasteiger charge is -2.31. The Labute approximate surface area is 122 Å². The number of likely N-dealkylation sites (tertiary alicyclic amines) is 1. The molecule has 1 aromatic rings. The first-order valence-corrected chi connectivity index (χ1v) is 6.92. The molecule has 1 fully saturated rings. The molecule has 0 bridgehead atoms. The number of nitrogens with two attached hydrogens (primary N) is 1. The van der Waals surface area contributed by atoms with E-state index >= 15 is 0 Å². The minimum atomic E-state index is -0.559. The van der Waals surface area contributed by atoms with Crippen LogP contribution in [0.15, 0.2) is 12.1 Å². The molecule has 1 aromatic carbocycles. The van der Waals surface area contributed by atoms with Crippen molar-refractivity contribution in [3.05, 3.63) is 29.1 Å². The third-order valence-corrected chi connectivity index (χ3v) is 3.83. The van der Waals surface area contributed by atoms with Gasteiger partial charge < -0.3 is 10.8 Å². The molecule has 0 spiro atoms. The third kappa shape index (κ3) is 3.58. The molecule has 1 aliphatic rings. The van der Waals surface area contributed by atoms with Crippen molar-refractivity contribution in [1.29, 1.82) is 0 Å². The molecule has 0 radical (unpaired) electrons. The first-order chi connectivity index (χ1) is 9.88. The first kappa shape index (κ1) is 15.4. The molecule has 3 N–H and O–H groups in total. The molecule has 1 heterocycles. The molecule has 6 heteroatoms. The van der Waals surface area contributed by atoms with Gasteiger partial charge >= 0.3 is 0 Å². The Balaban J connectivity index is 2.19. The number of hydrogen-bond acceptors (Lipinski definition) is 4. The zero-order valence-electron chi connectivity index (χ0n) is 11.9. The number of amides is 1. The van der Waals surface area contributed by atoms with Gasteiger partial charge in [-0.25, -0.2) is 4.39 Å². The number of carbonyl (C=O) groups excluding carboxylic acids is 2. The van der Waals surface area contributed by atoms with E-state index in [-0.39, 0.29) is 35.5 Å². The van der Waals surface area contributed by atoms with Crippen molar-refractivity contribution in [1.82, 2.24) is 4.90 Å². The number of aromatic hydroxyl groups is 1. The number of Topliss-reactive ketones (excluding diaryl/α,β-unsaturated/α-hetero) is 1. The van der Waals surface area contributed by atoms with E-state index < -0.39 is 5.82 Å². The summed E-state index contributed by atoms with van der Waals surface area (Å²) >= 11 is 0. The average Bonchev–Trinajstić information content (AvgIpc) is 2.42. The number of phenolic OH excluding ortho intramolecular Hbond substituents is 1. The number of halogens is 1. The number of benzene rings is 1. The first-order valence-electron chi connectivity index (χ1n) is 6.92. The van der Waals surface area contributed by atoms with E-state index in [4.69, 9.17) is 5.73 Å². The number of ketones is 1. The lowest BCUT2D eigenvalue weighted by Crippen LogP contribution is -2.40. The van der Waals surface area contributed by atoms with E-state index in [1.54, 1.807) is 0 Å². The van der Waals surface area contributed by atoms with E-state index in [1.807, 2.05) is 4.90 Å². The average molecular weight is 294 g/mol. The molecule has 0 saturated carbocycles. The second-order valence-corrected chi connectivity index (χ2v) is 5.49. The molecule has 5 nitrogen and oxygen atoms in total. The van der Waals surface area contributed by atoms with Gasteiger partial charge in [0.2, 0.25) is 5.91 Å². The third-order valence-electron chi connectivity index (χ3n) is 3.83. The van der Waals surface area contributed by atoms with Gasteiger partial charge in [0.05, 0.1) is 11.5 Å². The molecule has 1 amide bonds. The Bertz CT molecular complexity index is 574. The number of hydrogen-bond donors (Lipinski definition) is 2. The fourth-order valence-electron chi connectivity index (χ4n) is 2.72. The van der Waals surface area contributed by atoms with Crippen LogP contribution in [0.5, 0.6) is 5.75 Å². The van der Waals surface area contributed by atoms with Crippen molar-refractivity contribution in [2.24, 2.45) is 11.7 Å². The zero-order valence-corrected chi connectivity index (χ0v) is 11.9. The van der Waals surface area contributed by atoms with Crippen LogP contribution in [0.25, 0.3) is 0 Å². The molecule has 1 saturated heterocycles. The van der Waals surface area contributed by atoms with Gasteiger partial charge in [-0.1, -0.05) is 0 Å². The second kappa shape index (κ2) is 6.22. The number of phenols is 1. The van der Waals surface area contributed by atoms with E-state index in [9.17, 15) is 19.1 Å². The van der Waals surface area contributed by atoms with Crippen LogP contribution in [-0.2, 0) is 11.3 Å². The quantitative estimate of drug-likeness (QED) is 0.823. The van der Waals surface area contributed by atoms with E-state index in [0.29, 0.717) is 12.1 Å². The van der Waals surface area contributed by atoms with Gasteiger partial charge in [-0.05, 0) is 38.4 Å². The summed E-state index contributed by atoms with van der Waals surface area (Å²) < 4.78 is 13.6. The van der Waals surface area contributed by atoms with Crippen LogP contribution in [0.3, 0.4) is 0 Å². The Morgan fingerprint density at radius 3 is 2.81 bits per heavy atom. The molecule has 21 heavy (non-hydrogen) atoms. The van der Waals surface area contributed by atoms with Crippen molar-refractivity contribution in [2.45, 2.75) is 26.3 Å². The fourth-order valence-corrected chi connectivity index (χ4v) is 2.72. The highest BCUT2D eigenvalue weighted by Gasteiger charge is 2.25. The van der Waals surface area contributed by atoms with Gasteiger partial charge in [-0.3, -0.25) is 14.5 Å². The van der Waals surface area contributed by atoms with Crippen LogP contribution in [0.1, 0.15) is 35.7 Å². The van der Waals surface area contributed by atoms with Gasteiger partial charge in [0.15, 0.2) is 5.78 Å². The minimum Gasteiger partial charge on any atom is -0.507 e.